The number of carbonyl (C=O) groups excluding carboxylic acids is 1. The fourth-order valence-corrected chi connectivity index (χ4v) is 7.39. The molecule has 10 heteroatoms. The van der Waals surface area contributed by atoms with Gasteiger partial charge in [0.1, 0.15) is 11.5 Å². The second-order valence-electron chi connectivity index (χ2n) is 7.62. The van der Waals surface area contributed by atoms with Crippen molar-refractivity contribution in [3.63, 3.8) is 0 Å². The number of methoxy groups -OCH3 is 2. The molecule has 1 fully saturated rings. The molecule has 0 bridgehead atoms. The highest BCUT2D eigenvalue weighted by molar-refractivity contribution is 8.15. The molecule has 2 N–H and O–H groups in total. The Morgan fingerprint density at radius 2 is 1.91 bits per heavy atom. The molecule has 1 amide bonds. The Hall–Kier alpha value is -2.72. The molecule has 8 nitrogen and oxygen atoms in total. The van der Waals surface area contributed by atoms with Gasteiger partial charge in [-0.05, 0) is 42.3 Å². The summed E-state index contributed by atoms with van der Waals surface area (Å²) >= 11 is 1.47. The Morgan fingerprint density at radius 1 is 1.12 bits per heavy atom. The van der Waals surface area contributed by atoms with Crippen LogP contribution in [-0.4, -0.2) is 63.1 Å². The maximum absolute atomic E-state index is 12.5. The first kappa shape index (κ1) is 22.5. The number of benzene rings is 2. The van der Waals surface area contributed by atoms with Crippen LogP contribution in [0.25, 0.3) is 0 Å². The summed E-state index contributed by atoms with van der Waals surface area (Å²) in [6.45, 7) is 0.473. The van der Waals surface area contributed by atoms with E-state index in [-0.39, 0.29) is 28.7 Å². The number of thioether (sulfide) groups is 1. The minimum atomic E-state index is -2.96. The summed E-state index contributed by atoms with van der Waals surface area (Å²) in [6.07, 6.45) is 0.633. The molecule has 32 heavy (non-hydrogen) atoms. The highest BCUT2D eigenvalue weighted by atomic mass is 32.2. The van der Waals surface area contributed by atoms with Crippen molar-refractivity contribution >= 4 is 38.4 Å². The lowest BCUT2D eigenvalue weighted by molar-refractivity contribution is 0.0954. The molecule has 0 radical (unpaired) electrons. The number of sulfone groups is 1. The number of amidine groups is 1. The van der Waals surface area contributed by atoms with Gasteiger partial charge in [0.15, 0.2) is 15.0 Å². The smallest absolute Gasteiger partial charge is 0.251 e. The monoisotopic (exact) mass is 475 g/mol. The molecule has 0 unspecified atom stereocenters. The average molecular weight is 476 g/mol. The van der Waals surface area contributed by atoms with Crippen molar-refractivity contribution in [2.24, 2.45) is 4.99 Å². The summed E-state index contributed by atoms with van der Waals surface area (Å²) in [6, 6.07) is 12.6. The predicted octanol–water partition coefficient (Wildman–Crippen LogP) is 2.36. The van der Waals surface area contributed by atoms with Gasteiger partial charge in [-0.2, -0.15) is 0 Å². The maximum atomic E-state index is 12.5. The first-order valence-corrected chi connectivity index (χ1v) is 12.9. The first-order chi connectivity index (χ1) is 15.4. The maximum Gasteiger partial charge on any atom is 0.251 e. The third-order valence-corrected chi connectivity index (χ3v) is 8.53. The molecule has 2 aromatic carbocycles. The van der Waals surface area contributed by atoms with Gasteiger partial charge in [0, 0.05) is 29.1 Å². The predicted molar refractivity (Wildman–Crippen MR) is 127 cm³/mol. The molecular weight excluding hydrogens is 450 g/mol. The largest absolute Gasteiger partial charge is 0.497 e. The molecule has 4 rings (SSSR count). The number of ether oxygens (including phenoxy) is 2. The molecule has 2 heterocycles. The van der Waals surface area contributed by atoms with Crippen LogP contribution in [0, 0.1) is 0 Å². The van der Waals surface area contributed by atoms with Crippen molar-refractivity contribution in [3.05, 3.63) is 53.6 Å². The van der Waals surface area contributed by atoms with Crippen LogP contribution in [0.15, 0.2) is 47.5 Å². The van der Waals surface area contributed by atoms with Crippen molar-refractivity contribution in [3.8, 4) is 11.5 Å². The zero-order valence-electron chi connectivity index (χ0n) is 17.8. The molecule has 2 aliphatic heterocycles. The van der Waals surface area contributed by atoms with E-state index in [4.69, 9.17) is 9.47 Å². The highest BCUT2D eigenvalue weighted by Crippen LogP contribution is 2.34. The number of hydrogen-bond donors (Lipinski definition) is 2. The van der Waals surface area contributed by atoms with Crippen molar-refractivity contribution in [1.29, 1.82) is 0 Å². The fraction of sp³-hybridized carbons (Fsp3) is 0.364. The molecule has 2 aliphatic rings. The van der Waals surface area contributed by atoms with Crippen LogP contribution in [0.2, 0.25) is 0 Å². The SMILES string of the molecule is COc1ccc(CCNC(=O)c2ccc(NC3=N[C@H]4CS(=O)(=O)C[C@@H]4S3)cc2)c(OC)c1. The van der Waals surface area contributed by atoms with Crippen LogP contribution < -0.4 is 20.1 Å². The van der Waals surface area contributed by atoms with Gasteiger partial charge in [-0.15, -0.1) is 0 Å². The van der Waals surface area contributed by atoms with Gasteiger partial charge in [0.2, 0.25) is 0 Å². The average Bonchev–Trinajstić information content (AvgIpc) is 3.26. The Labute approximate surface area is 191 Å². The summed E-state index contributed by atoms with van der Waals surface area (Å²) < 4.78 is 33.9. The van der Waals surface area contributed by atoms with E-state index in [0.717, 1.165) is 27.9 Å². The second kappa shape index (κ2) is 9.41. The Balaban J connectivity index is 1.28. The van der Waals surface area contributed by atoms with Crippen molar-refractivity contribution < 1.29 is 22.7 Å². The molecule has 2 atom stereocenters. The van der Waals surface area contributed by atoms with E-state index in [9.17, 15) is 13.2 Å². The van der Waals surface area contributed by atoms with Crippen LogP contribution in [0.1, 0.15) is 15.9 Å². The number of aliphatic imine (C=N–C) groups is 1. The number of nitrogens with one attached hydrogen (secondary N) is 2. The first-order valence-electron chi connectivity index (χ1n) is 10.2. The zero-order chi connectivity index (χ0) is 22.7. The molecule has 0 aliphatic carbocycles. The minimum absolute atomic E-state index is 0.00289. The van der Waals surface area contributed by atoms with Crippen LogP contribution >= 0.6 is 11.8 Å². The standard InChI is InChI=1S/C22H25N3O5S2/c1-29-17-8-5-14(19(11-17)30-2)9-10-23-21(26)15-3-6-16(7-4-15)24-22-25-18-12-32(27,28)13-20(18)31-22/h3-8,11,18,20H,9-10,12-13H2,1-2H3,(H,23,26)(H,24,25)/t18-,20-/m0/s1. The number of fused-ring (bicyclic) bond motifs is 1. The van der Waals surface area contributed by atoms with Gasteiger partial charge < -0.3 is 20.1 Å². The second-order valence-corrected chi connectivity index (χ2v) is 11.0. The summed E-state index contributed by atoms with van der Waals surface area (Å²) in [5.41, 5.74) is 2.35. The van der Waals surface area contributed by atoms with Gasteiger partial charge in [-0.1, -0.05) is 17.8 Å². The number of rotatable bonds is 7. The van der Waals surface area contributed by atoms with Crippen LogP contribution in [-0.2, 0) is 16.3 Å². The van der Waals surface area contributed by atoms with Gasteiger partial charge in [0.05, 0.1) is 31.8 Å². The lowest BCUT2D eigenvalue weighted by Crippen LogP contribution is -2.25. The summed E-state index contributed by atoms with van der Waals surface area (Å²) in [4.78, 5) is 17.0. The van der Waals surface area contributed by atoms with Crippen molar-refractivity contribution in [2.75, 3.05) is 37.6 Å². The third-order valence-electron chi connectivity index (χ3n) is 5.39. The number of amides is 1. The molecule has 1 saturated heterocycles. The number of nitrogens with zero attached hydrogens (tertiary/aromatic N) is 1. The number of anilines is 1. The highest BCUT2D eigenvalue weighted by Gasteiger charge is 2.42. The minimum Gasteiger partial charge on any atom is -0.497 e. The van der Waals surface area contributed by atoms with E-state index in [0.29, 0.717) is 18.5 Å². The lowest BCUT2D eigenvalue weighted by atomic mass is 10.1. The normalized spacial score (nSPS) is 20.9. The molecular formula is C22H25N3O5S2. The van der Waals surface area contributed by atoms with Gasteiger partial charge in [-0.25, -0.2) is 8.42 Å². The van der Waals surface area contributed by atoms with Gasteiger partial charge >= 0.3 is 0 Å². The lowest BCUT2D eigenvalue weighted by Gasteiger charge is -2.11. The summed E-state index contributed by atoms with van der Waals surface area (Å²) in [5.74, 6) is 1.59. The van der Waals surface area contributed by atoms with E-state index >= 15 is 0 Å². The summed E-state index contributed by atoms with van der Waals surface area (Å²) in [7, 11) is 0.249. The van der Waals surface area contributed by atoms with E-state index in [1.54, 1.807) is 26.4 Å². The number of hydrogen-bond acceptors (Lipinski definition) is 8. The molecule has 0 spiro atoms. The number of carbonyl (C=O) groups is 1. The zero-order valence-corrected chi connectivity index (χ0v) is 19.5. The topological polar surface area (TPSA) is 106 Å². The van der Waals surface area contributed by atoms with E-state index < -0.39 is 9.84 Å². The fourth-order valence-electron chi connectivity index (χ4n) is 3.72. The Bertz CT molecular complexity index is 1130. The van der Waals surface area contributed by atoms with Crippen LogP contribution in [0.3, 0.4) is 0 Å². The molecule has 170 valence electrons. The van der Waals surface area contributed by atoms with Crippen LogP contribution in [0.5, 0.6) is 11.5 Å². The third kappa shape index (κ3) is 5.18. The van der Waals surface area contributed by atoms with Crippen LogP contribution in [0.4, 0.5) is 5.69 Å². The molecule has 2 aromatic rings. The van der Waals surface area contributed by atoms with E-state index in [1.807, 2.05) is 30.3 Å². The molecule has 0 aromatic heterocycles. The van der Waals surface area contributed by atoms with Crippen molar-refractivity contribution in [2.45, 2.75) is 17.7 Å². The van der Waals surface area contributed by atoms with Gasteiger partial charge in [0.25, 0.3) is 5.91 Å². The van der Waals surface area contributed by atoms with Gasteiger partial charge in [-0.3, -0.25) is 9.79 Å². The quantitative estimate of drug-likeness (QED) is 0.633. The van der Waals surface area contributed by atoms with E-state index in [1.165, 1.54) is 11.8 Å². The summed E-state index contributed by atoms with van der Waals surface area (Å²) in [5, 5.41) is 6.86. The Kier molecular flexibility index (Phi) is 6.61. The van der Waals surface area contributed by atoms with E-state index in [2.05, 4.69) is 15.6 Å². The Morgan fingerprint density at radius 3 is 2.59 bits per heavy atom. The van der Waals surface area contributed by atoms with Crippen molar-refractivity contribution in [1.82, 2.24) is 5.32 Å². The molecule has 0 saturated carbocycles.